The molecule has 2 heterocycles. The Bertz CT molecular complexity index is 1120. The highest BCUT2D eigenvalue weighted by atomic mass is 32.2. The zero-order valence-corrected chi connectivity index (χ0v) is 23.0. The number of hydrogen-bond donors (Lipinski definition) is 2. The van der Waals surface area contributed by atoms with Gasteiger partial charge in [-0.2, -0.15) is 5.26 Å². The zero-order valence-electron chi connectivity index (χ0n) is 22.2. The van der Waals surface area contributed by atoms with Crippen molar-refractivity contribution in [2.75, 3.05) is 43.4 Å². The summed E-state index contributed by atoms with van der Waals surface area (Å²) in [7, 11) is 0. The fraction of sp³-hybridized carbons (Fsp3) is 0.643. The SMILES string of the molecule is CCCCN1C(=O)C2C(Nc3cccc(NC(=O)CCN4CCCC4)c3)C2SC12C(C#N)C2C(=O)OCC. The van der Waals surface area contributed by atoms with Crippen LogP contribution in [0.5, 0.6) is 0 Å². The number of benzene rings is 1. The Morgan fingerprint density at radius 3 is 2.68 bits per heavy atom. The van der Waals surface area contributed by atoms with E-state index in [1.165, 1.54) is 12.8 Å². The molecule has 0 bridgehead atoms. The highest BCUT2D eigenvalue weighted by Gasteiger charge is 2.81. The lowest BCUT2D eigenvalue weighted by atomic mass is 10.2. The van der Waals surface area contributed by atoms with Crippen molar-refractivity contribution < 1.29 is 19.1 Å². The number of hydrogen-bond acceptors (Lipinski definition) is 8. The number of anilines is 2. The number of esters is 1. The number of nitriles is 1. The second-order valence-corrected chi connectivity index (χ2v) is 12.1. The van der Waals surface area contributed by atoms with E-state index in [4.69, 9.17) is 4.74 Å². The van der Waals surface area contributed by atoms with Gasteiger partial charge in [0.15, 0.2) is 0 Å². The van der Waals surface area contributed by atoms with Crippen LogP contribution in [0.2, 0.25) is 0 Å². The zero-order chi connectivity index (χ0) is 26.9. The molecule has 6 atom stereocenters. The Labute approximate surface area is 228 Å². The largest absolute Gasteiger partial charge is 0.466 e. The number of fused-ring (bicyclic) bond motifs is 1. The van der Waals surface area contributed by atoms with Gasteiger partial charge in [0.25, 0.3) is 0 Å². The van der Waals surface area contributed by atoms with Gasteiger partial charge in [-0.15, -0.1) is 11.8 Å². The third-order valence-corrected chi connectivity index (χ3v) is 10.1. The summed E-state index contributed by atoms with van der Waals surface area (Å²) in [5.41, 5.74) is 1.55. The topological polar surface area (TPSA) is 115 Å². The van der Waals surface area contributed by atoms with Crippen LogP contribution in [0.4, 0.5) is 11.4 Å². The van der Waals surface area contributed by atoms with Crippen LogP contribution < -0.4 is 10.6 Å². The van der Waals surface area contributed by atoms with Crippen LogP contribution in [0.3, 0.4) is 0 Å². The van der Waals surface area contributed by atoms with Crippen molar-refractivity contribution in [3.8, 4) is 6.07 Å². The molecule has 9 nitrogen and oxygen atoms in total. The number of carbonyl (C=O) groups is 3. The monoisotopic (exact) mass is 539 g/mol. The van der Waals surface area contributed by atoms with Gasteiger partial charge in [-0.05, 0) is 57.5 Å². The molecule has 2 amide bonds. The minimum atomic E-state index is -0.837. The molecule has 2 aliphatic carbocycles. The number of thioether (sulfide) groups is 1. The van der Waals surface area contributed by atoms with E-state index in [1.807, 2.05) is 24.3 Å². The molecule has 38 heavy (non-hydrogen) atoms. The second kappa shape index (κ2) is 11.1. The number of amides is 2. The molecular weight excluding hydrogens is 502 g/mol. The Kier molecular flexibility index (Phi) is 7.87. The maximum absolute atomic E-state index is 13.7. The molecule has 5 rings (SSSR count). The van der Waals surface area contributed by atoms with Crippen molar-refractivity contribution in [1.82, 2.24) is 9.80 Å². The first-order chi connectivity index (χ1) is 18.4. The normalized spacial score (nSPS) is 31.4. The molecule has 10 heteroatoms. The second-order valence-electron chi connectivity index (χ2n) is 10.6. The van der Waals surface area contributed by atoms with Crippen molar-refractivity contribution in [2.24, 2.45) is 17.8 Å². The van der Waals surface area contributed by atoms with Gasteiger partial charge >= 0.3 is 5.97 Å². The van der Waals surface area contributed by atoms with Crippen molar-refractivity contribution in [3.63, 3.8) is 0 Å². The summed E-state index contributed by atoms with van der Waals surface area (Å²) in [6, 6.07) is 9.78. The van der Waals surface area contributed by atoms with Crippen LogP contribution in [-0.4, -0.2) is 76.5 Å². The van der Waals surface area contributed by atoms with Crippen molar-refractivity contribution >= 4 is 40.9 Å². The highest BCUT2D eigenvalue weighted by molar-refractivity contribution is 8.02. The van der Waals surface area contributed by atoms with E-state index in [1.54, 1.807) is 23.6 Å². The molecular formula is C28H37N5O4S. The first-order valence-corrected chi connectivity index (χ1v) is 14.8. The fourth-order valence-electron chi connectivity index (χ4n) is 6.04. The fourth-order valence-corrected chi connectivity index (χ4v) is 8.15. The van der Waals surface area contributed by atoms with Gasteiger partial charge in [-0.1, -0.05) is 19.4 Å². The Morgan fingerprint density at radius 2 is 1.97 bits per heavy atom. The van der Waals surface area contributed by atoms with Crippen LogP contribution in [0, 0.1) is 29.1 Å². The van der Waals surface area contributed by atoms with E-state index in [0.717, 1.165) is 43.9 Å². The lowest BCUT2D eigenvalue weighted by molar-refractivity contribution is -0.146. The summed E-state index contributed by atoms with van der Waals surface area (Å²) in [6.45, 7) is 7.52. The quantitative estimate of drug-likeness (QED) is 0.412. The number of unbranched alkanes of at least 4 members (excludes halogenated alkanes) is 1. The van der Waals surface area contributed by atoms with E-state index < -0.39 is 22.7 Å². The minimum Gasteiger partial charge on any atom is -0.466 e. The summed E-state index contributed by atoms with van der Waals surface area (Å²) < 4.78 is 5.28. The number of likely N-dealkylation sites (tertiary alicyclic amines) is 1. The third kappa shape index (κ3) is 4.98. The van der Waals surface area contributed by atoms with Crippen LogP contribution in [0.25, 0.3) is 0 Å². The number of ether oxygens (including phenoxy) is 1. The van der Waals surface area contributed by atoms with E-state index in [-0.39, 0.29) is 35.6 Å². The number of rotatable bonds is 11. The molecule has 1 aromatic rings. The molecule has 4 aliphatic rings. The highest BCUT2D eigenvalue weighted by Crippen LogP contribution is 2.70. The van der Waals surface area contributed by atoms with E-state index in [0.29, 0.717) is 13.0 Å². The summed E-state index contributed by atoms with van der Waals surface area (Å²) in [6.07, 6.45) is 4.61. The molecule has 1 spiro atoms. The molecule has 6 unspecified atom stereocenters. The van der Waals surface area contributed by atoms with E-state index >= 15 is 0 Å². The smallest absolute Gasteiger partial charge is 0.313 e. The predicted molar refractivity (Wildman–Crippen MR) is 146 cm³/mol. The molecule has 2 aliphatic heterocycles. The molecule has 0 aromatic heterocycles. The standard InChI is InChI=1S/C28H37N5O4S/c1-3-5-14-33-26(35)22-24(25(22)38-28(33)20(17-29)23(28)27(36)37-4-2)31-19-10-8-9-18(16-19)30-21(34)11-15-32-12-6-7-13-32/h8-10,16,20,22-25,31H,3-7,11-15H2,1-2H3,(H,30,34). The Balaban J connectivity index is 1.25. The summed E-state index contributed by atoms with van der Waals surface area (Å²) >= 11 is 1.59. The van der Waals surface area contributed by atoms with Crippen LogP contribution >= 0.6 is 11.8 Å². The van der Waals surface area contributed by atoms with Gasteiger partial charge in [0, 0.05) is 36.1 Å². The maximum Gasteiger partial charge on any atom is 0.313 e. The van der Waals surface area contributed by atoms with Crippen LogP contribution in [-0.2, 0) is 19.1 Å². The number of nitrogens with zero attached hydrogens (tertiary/aromatic N) is 3. The minimum absolute atomic E-state index is 0.00494. The third-order valence-electron chi connectivity index (χ3n) is 8.12. The molecule has 2 saturated carbocycles. The molecule has 2 saturated heterocycles. The Hall–Kier alpha value is -2.77. The molecule has 2 N–H and O–H groups in total. The van der Waals surface area contributed by atoms with Crippen molar-refractivity contribution in [1.29, 1.82) is 5.26 Å². The molecule has 1 aromatic carbocycles. The number of carbonyl (C=O) groups excluding carboxylic acids is 3. The average Bonchev–Trinajstić information content (AvgIpc) is 3.65. The first kappa shape index (κ1) is 26.8. The predicted octanol–water partition coefficient (Wildman–Crippen LogP) is 3.29. The first-order valence-electron chi connectivity index (χ1n) is 13.9. The molecule has 0 radical (unpaired) electrons. The number of nitrogens with one attached hydrogen (secondary N) is 2. The van der Waals surface area contributed by atoms with Gasteiger partial charge in [0.2, 0.25) is 11.8 Å². The lowest BCUT2D eigenvalue weighted by Gasteiger charge is -2.36. The molecule has 4 fully saturated rings. The van der Waals surface area contributed by atoms with Gasteiger partial charge in [-0.3, -0.25) is 14.4 Å². The van der Waals surface area contributed by atoms with E-state index in [9.17, 15) is 19.6 Å². The average molecular weight is 540 g/mol. The van der Waals surface area contributed by atoms with E-state index in [2.05, 4.69) is 28.5 Å². The van der Waals surface area contributed by atoms with Gasteiger partial charge < -0.3 is 25.2 Å². The maximum atomic E-state index is 13.7. The van der Waals surface area contributed by atoms with Crippen LogP contribution in [0.1, 0.15) is 46.0 Å². The van der Waals surface area contributed by atoms with Crippen LogP contribution in [0.15, 0.2) is 24.3 Å². The summed E-state index contributed by atoms with van der Waals surface area (Å²) in [5.74, 6) is -1.76. The Morgan fingerprint density at radius 1 is 1.21 bits per heavy atom. The van der Waals surface area contributed by atoms with Gasteiger partial charge in [0.1, 0.15) is 10.8 Å². The van der Waals surface area contributed by atoms with Gasteiger partial charge in [0.05, 0.1) is 30.6 Å². The summed E-state index contributed by atoms with van der Waals surface area (Å²) in [5, 5.41) is 16.4. The molecule has 204 valence electrons. The van der Waals surface area contributed by atoms with Crippen molar-refractivity contribution in [3.05, 3.63) is 24.3 Å². The van der Waals surface area contributed by atoms with Gasteiger partial charge in [-0.25, -0.2) is 0 Å². The lowest BCUT2D eigenvalue weighted by Crippen LogP contribution is -2.48. The summed E-state index contributed by atoms with van der Waals surface area (Å²) in [4.78, 5) is 42.2. The van der Waals surface area contributed by atoms with Crippen molar-refractivity contribution in [2.45, 2.75) is 62.1 Å².